The fourth-order valence-electron chi connectivity index (χ4n) is 2.48. The Kier molecular flexibility index (Phi) is 5.16. The quantitative estimate of drug-likeness (QED) is 0.884. The Balaban J connectivity index is 1.91. The van der Waals surface area contributed by atoms with E-state index in [0.717, 1.165) is 12.5 Å². The van der Waals surface area contributed by atoms with Crippen LogP contribution in [0.5, 0.6) is 5.88 Å². The summed E-state index contributed by atoms with van der Waals surface area (Å²) in [6.07, 6.45) is 5.66. The number of hydrogen-bond acceptors (Lipinski definition) is 4. The van der Waals surface area contributed by atoms with E-state index in [4.69, 9.17) is 4.74 Å². The SMILES string of the molecule is CNC(C)c1ccnc(OCC2CCCCN2C)c1. The summed E-state index contributed by atoms with van der Waals surface area (Å²) < 4.78 is 5.87. The maximum Gasteiger partial charge on any atom is 0.213 e. The molecule has 1 fully saturated rings. The summed E-state index contributed by atoms with van der Waals surface area (Å²) in [5.74, 6) is 0.735. The topological polar surface area (TPSA) is 37.4 Å². The van der Waals surface area contributed by atoms with Crippen LogP contribution in [0.1, 0.15) is 37.8 Å². The number of pyridine rings is 1. The van der Waals surface area contributed by atoms with Crippen LogP contribution in [0.2, 0.25) is 0 Å². The molecule has 1 aliphatic heterocycles. The van der Waals surface area contributed by atoms with Crippen LogP contribution in [0.15, 0.2) is 18.3 Å². The summed E-state index contributed by atoms with van der Waals surface area (Å²) in [5, 5.41) is 3.23. The van der Waals surface area contributed by atoms with E-state index >= 15 is 0 Å². The predicted octanol–water partition coefficient (Wildman–Crippen LogP) is 2.23. The first-order valence-electron chi connectivity index (χ1n) is 7.17. The number of rotatable bonds is 5. The van der Waals surface area contributed by atoms with Crippen molar-refractivity contribution in [3.8, 4) is 5.88 Å². The number of nitrogens with one attached hydrogen (secondary N) is 1. The number of likely N-dealkylation sites (tertiary alicyclic amines) is 1. The molecule has 1 aliphatic rings. The molecule has 19 heavy (non-hydrogen) atoms. The highest BCUT2D eigenvalue weighted by Crippen LogP contribution is 2.19. The van der Waals surface area contributed by atoms with E-state index in [1.54, 1.807) is 0 Å². The first-order chi connectivity index (χ1) is 9.20. The zero-order chi connectivity index (χ0) is 13.7. The van der Waals surface area contributed by atoms with Crippen molar-refractivity contribution < 1.29 is 4.74 Å². The Labute approximate surface area is 116 Å². The molecular formula is C15H25N3O. The van der Waals surface area contributed by atoms with Gasteiger partial charge in [0.05, 0.1) is 0 Å². The van der Waals surface area contributed by atoms with Gasteiger partial charge in [-0.05, 0) is 52.0 Å². The number of piperidine rings is 1. The lowest BCUT2D eigenvalue weighted by molar-refractivity contribution is 0.122. The zero-order valence-corrected chi connectivity index (χ0v) is 12.2. The number of likely N-dealkylation sites (N-methyl/N-ethyl adjacent to an activating group) is 1. The number of ether oxygens (including phenoxy) is 1. The molecule has 1 aromatic rings. The van der Waals surface area contributed by atoms with Gasteiger partial charge in [0.2, 0.25) is 5.88 Å². The summed E-state index contributed by atoms with van der Waals surface area (Å²) >= 11 is 0. The zero-order valence-electron chi connectivity index (χ0n) is 12.2. The van der Waals surface area contributed by atoms with E-state index in [2.05, 4.69) is 29.2 Å². The molecule has 0 aromatic carbocycles. The molecule has 0 aliphatic carbocycles. The van der Waals surface area contributed by atoms with Crippen LogP contribution >= 0.6 is 0 Å². The van der Waals surface area contributed by atoms with Gasteiger partial charge in [0.1, 0.15) is 6.61 Å². The summed E-state index contributed by atoms with van der Waals surface area (Å²) in [6.45, 7) is 4.05. The normalized spacial score (nSPS) is 22.2. The standard InChI is InChI=1S/C15H25N3O/c1-12(16-2)13-7-8-17-15(10-13)19-11-14-6-4-5-9-18(14)3/h7-8,10,12,14,16H,4-6,9,11H2,1-3H3. The number of hydrogen-bond donors (Lipinski definition) is 1. The lowest BCUT2D eigenvalue weighted by atomic mass is 10.0. The van der Waals surface area contributed by atoms with E-state index in [-0.39, 0.29) is 0 Å². The molecule has 1 saturated heterocycles. The van der Waals surface area contributed by atoms with Crippen molar-refractivity contribution in [2.24, 2.45) is 0 Å². The Morgan fingerprint density at radius 3 is 3.11 bits per heavy atom. The Bertz CT molecular complexity index is 397. The second kappa shape index (κ2) is 6.87. The van der Waals surface area contributed by atoms with Crippen LogP contribution in [-0.4, -0.2) is 43.2 Å². The highest BCUT2D eigenvalue weighted by atomic mass is 16.5. The molecule has 1 N–H and O–H groups in total. The second-order valence-corrected chi connectivity index (χ2v) is 5.38. The third-order valence-corrected chi connectivity index (χ3v) is 4.04. The van der Waals surface area contributed by atoms with Gasteiger partial charge in [-0.25, -0.2) is 4.98 Å². The fraction of sp³-hybridized carbons (Fsp3) is 0.667. The molecule has 4 heteroatoms. The molecule has 0 radical (unpaired) electrons. The maximum absolute atomic E-state index is 5.87. The molecule has 0 spiro atoms. The molecule has 2 rings (SSSR count). The van der Waals surface area contributed by atoms with Crippen molar-refractivity contribution in [2.45, 2.75) is 38.3 Å². The fourth-order valence-corrected chi connectivity index (χ4v) is 2.48. The van der Waals surface area contributed by atoms with Crippen molar-refractivity contribution in [1.82, 2.24) is 15.2 Å². The lowest BCUT2D eigenvalue weighted by Crippen LogP contribution is -2.40. The smallest absolute Gasteiger partial charge is 0.213 e. The van der Waals surface area contributed by atoms with Crippen LogP contribution in [0.4, 0.5) is 0 Å². The first-order valence-corrected chi connectivity index (χ1v) is 7.17. The molecule has 4 nitrogen and oxygen atoms in total. The third-order valence-electron chi connectivity index (χ3n) is 4.04. The van der Waals surface area contributed by atoms with Crippen molar-refractivity contribution >= 4 is 0 Å². The van der Waals surface area contributed by atoms with Crippen LogP contribution in [0.25, 0.3) is 0 Å². The molecule has 2 heterocycles. The Hall–Kier alpha value is -1.13. The predicted molar refractivity (Wildman–Crippen MR) is 77.5 cm³/mol. The number of aromatic nitrogens is 1. The summed E-state index contributed by atoms with van der Waals surface area (Å²) in [6, 6.07) is 4.91. The summed E-state index contributed by atoms with van der Waals surface area (Å²) in [5.41, 5.74) is 1.21. The van der Waals surface area contributed by atoms with E-state index < -0.39 is 0 Å². The number of nitrogens with zero attached hydrogens (tertiary/aromatic N) is 2. The van der Waals surface area contributed by atoms with Gasteiger partial charge in [-0.1, -0.05) is 6.42 Å². The van der Waals surface area contributed by atoms with Gasteiger partial charge in [0.15, 0.2) is 0 Å². The molecule has 1 aromatic heterocycles. The maximum atomic E-state index is 5.87. The van der Waals surface area contributed by atoms with Gasteiger partial charge >= 0.3 is 0 Å². The highest BCUT2D eigenvalue weighted by molar-refractivity contribution is 5.23. The lowest BCUT2D eigenvalue weighted by Gasteiger charge is -2.32. The van der Waals surface area contributed by atoms with Gasteiger partial charge < -0.3 is 15.0 Å². The van der Waals surface area contributed by atoms with Gasteiger partial charge in [0, 0.05) is 24.3 Å². The van der Waals surface area contributed by atoms with Gasteiger partial charge in [-0.3, -0.25) is 0 Å². The monoisotopic (exact) mass is 263 g/mol. The van der Waals surface area contributed by atoms with Crippen LogP contribution in [0, 0.1) is 0 Å². The molecule has 2 unspecified atom stereocenters. The van der Waals surface area contributed by atoms with Crippen LogP contribution in [-0.2, 0) is 0 Å². The van der Waals surface area contributed by atoms with Crippen molar-refractivity contribution in [3.05, 3.63) is 23.9 Å². The summed E-state index contributed by atoms with van der Waals surface area (Å²) in [4.78, 5) is 6.69. The van der Waals surface area contributed by atoms with E-state index in [9.17, 15) is 0 Å². The molecule has 0 bridgehead atoms. The van der Waals surface area contributed by atoms with Crippen molar-refractivity contribution in [2.75, 3.05) is 27.2 Å². The average Bonchev–Trinajstić information content (AvgIpc) is 2.46. The van der Waals surface area contributed by atoms with Gasteiger partial charge in [0.25, 0.3) is 0 Å². The highest BCUT2D eigenvalue weighted by Gasteiger charge is 2.19. The minimum atomic E-state index is 0.322. The largest absolute Gasteiger partial charge is 0.476 e. The molecule has 0 amide bonds. The van der Waals surface area contributed by atoms with E-state index in [0.29, 0.717) is 12.1 Å². The molecule has 106 valence electrons. The minimum Gasteiger partial charge on any atom is -0.476 e. The average molecular weight is 263 g/mol. The Morgan fingerprint density at radius 1 is 1.53 bits per heavy atom. The van der Waals surface area contributed by atoms with Crippen molar-refractivity contribution in [1.29, 1.82) is 0 Å². The molecular weight excluding hydrogens is 238 g/mol. The van der Waals surface area contributed by atoms with Gasteiger partial charge in [-0.15, -0.1) is 0 Å². The first kappa shape index (κ1) is 14.3. The van der Waals surface area contributed by atoms with Crippen LogP contribution in [0.3, 0.4) is 0 Å². The Morgan fingerprint density at radius 2 is 2.37 bits per heavy atom. The third kappa shape index (κ3) is 3.91. The van der Waals surface area contributed by atoms with E-state index in [1.807, 2.05) is 25.4 Å². The molecule has 0 saturated carbocycles. The van der Waals surface area contributed by atoms with Crippen molar-refractivity contribution in [3.63, 3.8) is 0 Å². The van der Waals surface area contributed by atoms with E-state index in [1.165, 1.54) is 31.4 Å². The van der Waals surface area contributed by atoms with Crippen LogP contribution < -0.4 is 10.1 Å². The molecule has 2 atom stereocenters. The minimum absolute atomic E-state index is 0.322. The second-order valence-electron chi connectivity index (χ2n) is 5.38. The summed E-state index contributed by atoms with van der Waals surface area (Å²) in [7, 11) is 4.14. The van der Waals surface area contributed by atoms with Gasteiger partial charge in [-0.2, -0.15) is 0 Å².